The highest BCUT2D eigenvalue weighted by Gasteiger charge is 2.23. The monoisotopic (exact) mass is 374 g/mol. The molecule has 2 aliphatic heterocycles. The van der Waals surface area contributed by atoms with Crippen LogP contribution in [0, 0.1) is 10.1 Å². The second-order valence-electron chi connectivity index (χ2n) is 7.10. The molecule has 0 saturated carbocycles. The molecule has 27 heavy (non-hydrogen) atoms. The van der Waals surface area contributed by atoms with Gasteiger partial charge in [0.2, 0.25) is 5.91 Å². The van der Waals surface area contributed by atoms with E-state index in [0.29, 0.717) is 5.69 Å². The van der Waals surface area contributed by atoms with Gasteiger partial charge < -0.3 is 15.1 Å². The molecule has 0 aliphatic carbocycles. The number of anilines is 1. The van der Waals surface area contributed by atoms with Crippen molar-refractivity contribution in [2.45, 2.75) is 38.5 Å². The van der Waals surface area contributed by atoms with Gasteiger partial charge in [-0.05, 0) is 44.2 Å². The maximum Gasteiger partial charge on any atom is 0.293 e. The molecule has 146 valence electrons. The number of likely N-dealkylation sites (tertiary alicyclic amines) is 1. The van der Waals surface area contributed by atoms with Gasteiger partial charge in [0.15, 0.2) is 0 Å². The van der Waals surface area contributed by atoms with E-state index >= 15 is 0 Å². The van der Waals surface area contributed by atoms with E-state index in [1.807, 2.05) is 9.80 Å². The maximum atomic E-state index is 12.3. The Morgan fingerprint density at radius 1 is 1.04 bits per heavy atom. The third-order valence-corrected chi connectivity index (χ3v) is 5.21. The zero-order chi connectivity index (χ0) is 19.2. The lowest BCUT2D eigenvalue weighted by molar-refractivity contribution is -0.384. The van der Waals surface area contributed by atoms with Gasteiger partial charge in [-0.1, -0.05) is 0 Å². The third-order valence-electron chi connectivity index (χ3n) is 5.21. The van der Waals surface area contributed by atoms with Gasteiger partial charge in [0.25, 0.3) is 11.6 Å². The molecule has 1 aromatic rings. The lowest BCUT2D eigenvalue weighted by Gasteiger charge is -2.28. The average Bonchev–Trinajstić information content (AvgIpc) is 3.23. The summed E-state index contributed by atoms with van der Waals surface area (Å²) in [5, 5.41) is 14.2. The van der Waals surface area contributed by atoms with E-state index in [-0.39, 0.29) is 30.1 Å². The quantitative estimate of drug-likeness (QED) is 0.609. The summed E-state index contributed by atoms with van der Waals surface area (Å²) in [7, 11) is 0. The molecule has 3 rings (SSSR count). The van der Waals surface area contributed by atoms with Crippen molar-refractivity contribution in [3.05, 3.63) is 33.9 Å². The molecule has 1 N–H and O–H groups in total. The summed E-state index contributed by atoms with van der Waals surface area (Å²) in [5.74, 6) is -0.350. The molecule has 2 fully saturated rings. The van der Waals surface area contributed by atoms with E-state index in [9.17, 15) is 19.7 Å². The number of hydrogen-bond donors (Lipinski definition) is 1. The Hall–Kier alpha value is -2.64. The SMILES string of the molecule is O=C(NCCC(=O)N1CCCC1)c1ccc(N2CCCCC2)c([N+](=O)[O-])c1. The Kier molecular flexibility index (Phi) is 6.26. The van der Waals surface area contributed by atoms with Gasteiger partial charge in [0.1, 0.15) is 5.69 Å². The topological polar surface area (TPSA) is 95.8 Å². The van der Waals surface area contributed by atoms with Crippen LogP contribution >= 0.6 is 0 Å². The molecule has 0 atom stereocenters. The Balaban J connectivity index is 1.61. The highest BCUT2D eigenvalue weighted by molar-refractivity contribution is 5.96. The maximum absolute atomic E-state index is 12.3. The Bertz CT molecular complexity index is 710. The molecule has 0 radical (unpaired) electrons. The summed E-state index contributed by atoms with van der Waals surface area (Å²) in [5.41, 5.74) is 0.772. The number of piperidine rings is 1. The molecule has 8 nitrogen and oxygen atoms in total. The molecular weight excluding hydrogens is 348 g/mol. The number of hydrogen-bond acceptors (Lipinski definition) is 5. The molecule has 1 aromatic carbocycles. The normalized spacial score (nSPS) is 17.0. The number of carbonyl (C=O) groups excluding carboxylic acids is 2. The summed E-state index contributed by atoms with van der Waals surface area (Å²) >= 11 is 0. The number of nitro groups is 1. The largest absolute Gasteiger partial charge is 0.366 e. The van der Waals surface area contributed by atoms with Crippen LogP contribution in [0.5, 0.6) is 0 Å². The number of nitro benzene ring substituents is 1. The van der Waals surface area contributed by atoms with E-state index in [1.165, 1.54) is 6.07 Å². The second-order valence-corrected chi connectivity index (χ2v) is 7.10. The smallest absolute Gasteiger partial charge is 0.293 e. The number of nitrogens with one attached hydrogen (secondary N) is 1. The molecule has 2 amide bonds. The Morgan fingerprint density at radius 3 is 2.37 bits per heavy atom. The van der Waals surface area contributed by atoms with Crippen LogP contribution in [0.25, 0.3) is 0 Å². The van der Waals surface area contributed by atoms with Gasteiger partial charge in [-0.3, -0.25) is 19.7 Å². The van der Waals surface area contributed by atoms with Crippen LogP contribution in [-0.4, -0.2) is 54.4 Å². The molecular formula is C19H26N4O4. The predicted molar refractivity (Wildman–Crippen MR) is 102 cm³/mol. The van der Waals surface area contributed by atoms with Gasteiger partial charge in [-0.15, -0.1) is 0 Å². The van der Waals surface area contributed by atoms with Crippen molar-refractivity contribution in [3.63, 3.8) is 0 Å². The Morgan fingerprint density at radius 2 is 1.70 bits per heavy atom. The van der Waals surface area contributed by atoms with Gasteiger partial charge in [0.05, 0.1) is 4.92 Å². The number of rotatable bonds is 6. The van der Waals surface area contributed by atoms with Crippen LogP contribution < -0.4 is 10.2 Å². The van der Waals surface area contributed by atoms with Crippen molar-refractivity contribution in [1.82, 2.24) is 10.2 Å². The molecule has 2 aliphatic rings. The summed E-state index contributed by atoms with van der Waals surface area (Å²) in [6, 6.07) is 4.61. The summed E-state index contributed by atoms with van der Waals surface area (Å²) in [4.78, 5) is 39.2. The predicted octanol–water partition coefficient (Wildman–Crippen LogP) is 2.33. The number of amides is 2. The van der Waals surface area contributed by atoms with Gasteiger partial charge in [0, 0.05) is 50.8 Å². The fourth-order valence-electron chi connectivity index (χ4n) is 3.72. The molecule has 0 bridgehead atoms. The van der Waals surface area contributed by atoms with E-state index in [2.05, 4.69) is 5.32 Å². The van der Waals surface area contributed by atoms with Gasteiger partial charge in [-0.25, -0.2) is 0 Å². The first-order valence-electron chi connectivity index (χ1n) is 9.65. The minimum Gasteiger partial charge on any atom is -0.366 e. The molecule has 2 heterocycles. The van der Waals surface area contributed by atoms with Gasteiger partial charge >= 0.3 is 0 Å². The van der Waals surface area contributed by atoms with Crippen molar-refractivity contribution >= 4 is 23.2 Å². The highest BCUT2D eigenvalue weighted by atomic mass is 16.6. The van der Waals surface area contributed by atoms with Crippen LogP contribution in [-0.2, 0) is 4.79 Å². The zero-order valence-corrected chi connectivity index (χ0v) is 15.5. The van der Waals surface area contributed by atoms with Crippen LogP contribution in [0.15, 0.2) is 18.2 Å². The number of benzene rings is 1. The van der Waals surface area contributed by atoms with Crippen molar-refractivity contribution in [1.29, 1.82) is 0 Å². The van der Waals surface area contributed by atoms with Crippen molar-refractivity contribution < 1.29 is 14.5 Å². The van der Waals surface area contributed by atoms with Crippen LogP contribution in [0.1, 0.15) is 48.9 Å². The standard InChI is InChI=1S/C19H26N4O4/c24-18(22-12-4-5-13-22)8-9-20-19(25)15-6-7-16(17(14-15)23(26)27)21-10-2-1-3-11-21/h6-7,14H,1-5,8-13H2,(H,20,25). The van der Waals surface area contributed by atoms with E-state index in [1.54, 1.807) is 12.1 Å². The average molecular weight is 374 g/mol. The van der Waals surface area contributed by atoms with Crippen LogP contribution in [0.2, 0.25) is 0 Å². The molecule has 0 aromatic heterocycles. The van der Waals surface area contributed by atoms with Crippen molar-refractivity contribution in [2.75, 3.05) is 37.6 Å². The molecule has 0 unspecified atom stereocenters. The van der Waals surface area contributed by atoms with Crippen LogP contribution in [0.3, 0.4) is 0 Å². The fraction of sp³-hybridized carbons (Fsp3) is 0.579. The summed E-state index contributed by atoms with van der Waals surface area (Å²) in [6.45, 7) is 3.40. The molecule has 2 saturated heterocycles. The lowest BCUT2D eigenvalue weighted by Crippen LogP contribution is -2.33. The van der Waals surface area contributed by atoms with E-state index in [0.717, 1.165) is 58.3 Å². The lowest BCUT2D eigenvalue weighted by atomic mass is 10.1. The molecule has 0 spiro atoms. The third kappa shape index (κ3) is 4.75. The van der Waals surface area contributed by atoms with E-state index in [4.69, 9.17) is 0 Å². The first kappa shape index (κ1) is 19.1. The first-order valence-corrected chi connectivity index (χ1v) is 9.65. The van der Waals surface area contributed by atoms with E-state index < -0.39 is 10.8 Å². The minimum absolute atomic E-state index is 0.0410. The zero-order valence-electron chi connectivity index (χ0n) is 15.5. The minimum atomic E-state index is -0.433. The van der Waals surface area contributed by atoms with Crippen molar-refractivity contribution in [2.24, 2.45) is 0 Å². The summed E-state index contributed by atoms with van der Waals surface area (Å²) < 4.78 is 0. The van der Waals surface area contributed by atoms with Gasteiger partial charge in [-0.2, -0.15) is 0 Å². The number of carbonyl (C=O) groups is 2. The van der Waals surface area contributed by atoms with Crippen molar-refractivity contribution in [3.8, 4) is 0 Å². The fourth-order valence-corrected chi connectivity index (χ4v) is 3.72. The van der Waals surface area contributed by atoms with Crippen LogP contribution in [0.4, 0.5) is 11.4 Å². The second kappa shape index (κ2) is 8.83. The molecule has 8 heteroatoms. The number of nitrogens with zero attached hydrogens (tertiary/aromatic N) is 3. The Labute approximate surface area is 158 Å². The first-order chi connectivity index (χ1) is 13.1. The summed E-state index contributed by atoms with van der Waals surface area (Å²) in [6.07, 6.45) is 5.49. The highest BCUT2D eigenvalue weighted by Crippen LogP contribution is 2.31.